The fourth-order valence-corrected chi connectivity index (χ4v) is 7.74. The molecule has 2 aromatic carbocycles. The molecular weight excluding hydrogens is 440 g/mol. The lowest BCUT2D eigenvalue weighted by molar-refractivity contribution is -0.115. The Morgan fingerprint density at radius 1 is 1.06 bits per heavy atom. The van der Waals surface area contributed by atoms with E-state index in [-0.39, 0.29) is 17.1 Å². The van der Waals surface area contributed by atoms with Crippen molar-refractivity contribution < 1.29 is 9.90 Å². The number of carbonyl (C=O) groups is 1. The molecule has 4 nitrogen and oxygen atoms in total. The van der Waals surface area contributed by atoms with Gasteiger partial charge in [-0.15, -0.1) is 0 Å². The normalized spacial score (nSPS) is 33.3. The molecule has 1 heterocycles. The van der Waals surface area contributed by atoms with Crippen LogP contribution < -0.4 is 5.32 Å². The van der Waals surface area contributed by atoms with Crippen LogP contribution >= 0.6 is 23.4 Å². The van der Waals surface area contributed by atoms with Crippen LogP contribution in [0.15, 0.2) is 52.4 Å². The summed E-state index contributed by atoms with van der Waals surface area (Å²) < 4.78 is 0. The highest BCUT2D eigenvalue weighted by atomic mass is 35.5. The van der Waals surface area contributed by atoms with Crippen molar-refractivity contribution in [3.05, 3.63) is 63.5 Å². The number of thioether (sulfide) groups is 1. The zero-order chi connectivity index (χ0) is 21.9. The predicted octanol–water partition coefficient (Wildman–Crippen LogP) is 6.41. The van der Waals surface area contributed by atoms with Crippen LogP contribution in [0.2, 0.25) is 5.02 Å². The Bertz CT molecular complexity index is 1140. The minimum Gasteiger partial charge on any atom is -0.507 e. The minimum atomic E-state index is -0.208. The average Bonchev–Trinajstić information content (AvgIpc) is 3.09. The quantitative estimate of drug-likeness (QED) is 0.516. The fourth-order valence-electron chi connectivity index (χ4n) is 6.74. The number of rotatable bonds is 3. The third-order valence-electron chi connectivity index (χ3n) is 7.69. The van der Waals surface area contributed by atoms with Crippen LogP contribution in [0, 0.1) is 17.8 Å². The summed E-state index contributed by atoms with van der Waals surface area (Å²) >= 11 is 7.47. The molecule has 0 radical (unpaired) electrons. The van der Waals surface area contributed by atoms with Gasteiger partial charge in [-0.2, -0.15) is 0 Å². The zero-order valence-corrected chi connectivity index (χ0v) is 19.3. The maximum absolute atomic E-state index is 12.6. The molecule has 4 saturated carbocycles. The molecule has 2 N–H and O–H groups in total. The van der Waals surface area contributed by atoms with Crippen molar-refractivity contribution in [2.75, 3.05) is 0 Å². The number of phenols is 1. The molecule has 0 atom stereocenters. The number of aliphatic imine (C=N–C) groups is 1. The summed E-state index contributed by atoms with van der Waals surface area (Å²) in [7, 11) is 0. The molecule has 6 heteroatoms. The summed E-state index contributed by atoms with van der Waals surface area (Å²) in [6.07, 6.45) is 9.79. The van der Waals surface area contributed by atoms with Crippen LogP contribution in [0.3, 0.4) is 0 Å². The van der Waals surface area contributed by atoms with Gasteiger partial charge in [0.05, 0.1) is 15.6 Å². The predicted molar refractivity (Wildman–Crippen MR) is 130 cm³/mol. The van der Waals surface area contributed by atoms with Crippen molar-refractivity contribution in [2.45, 2.75) is 43.9 Å². The van der Waals surface area contributed by atoms with E-state index in [9.17, 15) is 9.90 Å². The van der Waals surface area contributed by atoms with E-state index in [0.717, 1.165) is 17.8 Å². The van der Waals surface area contributed by atoms with Gasteiger partial charge in [-0.25, -0.2) is 4.99 Å². The highest BCUT2D eigenvalue weighted by Gasteiger charge is 2.51. The Balaban J connectivity index is 1.30. The highest BCUT2D eigenvalue weighted by Crippen LogP contribution is 2.61. The van der Waals surface area contributed by atoms with E-state index in [1.165, 1.54) is 55.9 Å². The van der Waals surface area contributed by atoms with Gasteiger partial charge in [0.1, 0.15) is 5.75 Å². The second-order valence-corrected chi connectivity index (χ2v) is 11.3. The molecule has 4 aliphatic carbocycles. The number of hydrogen-bond acceptors (Lipinski definition) is 4. The van der Waals surface area contributed by atoms with Crippen molar-refractivity contribution in [2.24, 2.45) is 22.7 Å². The van der Waals surface area contributed by atoms with E-state index in [4.69, 9.17) is 11.6 Å². The molecule has 5 aliphatic rings. The number of amides is 1. The van der Waals surface area contributed by atoms with E-state index in [0.29, 0.717) is 26.3 Å². The van der Waals surface area contributed by atoms with Crippen LogP contribution in [0.1, 0.15) is 49.7 Å². The lowest BCUT2D eigenvalue weighted by atomic mass is 9.48. The molecule has 0 spiro atoms. The van der Waals surface area contributed by atoms with Gasteiger partial charge in [0.15, 0.2) is 5.17 Å². The molecule has 1 aliphatic heterocycles. The van der Waals surface area contributed by atoms with E-state index in [2.05, 4.69) is 22.4 Å². The number of carbonyl (C=O) groups excluding carboxylic acids is 1. The van der Waals surface area contributed by atoms with Gasteiger partial charge < -0.3 is 10.4 Å². The van der Waals surface area contributed by atoms with Gasteiger partial charge in [-0.3, -0.25) is 4.79 Å². The Morgan fingerprint density at radius 3 is 2.44 bits per heavy atom. The third kappa shape index (κ3) is 3.56. The summed E-state index contributed by atoms with van der Waals surface area (Å²) in [6, 6.07) is 13.3. The summed E-state index contributed by atoms with van der Waals surface area (Å²) in [5, 5.41) is 14.4. The van der Waals surface area contributed by atoms with Crippen LogP contribution in [0.25, 0.3) is 6.08 Å². The first-order valence-electron chi connectivity index (χ1n) is 11.3. The van der Waals surface area contributed by atoms with Gasteiger partial charge in [-0.1, -0.05) is 29.8 Å². The SMILES string of the molecule is O=C1NC(=Nc2ccccc2Cl)SC1=Cc1cc(C23CC4CC(CC(C4)C2)C3)ccc1O. The summed E-state index contributed by atoms with van der Waals surface area (Å²) in [4.78, 5) is 17.6. The topological polar surface area (TPSA) is 61.7 Å². The number of nitrogens with zero attached hydrogens (tertiary/aromatic N) is 1. The molecule has 5 fully saturated rings. The smallest absolute Gasteiger partial charge is 0.264 e. The zero-order valence-electron chi connectivity index (χ0n) is 17.7. The van der Waals surface area contributed by atoms with Gasteiger partial charge in [0.2, 0.25) is 0 Å². The molecule has 2 aromatic rings. The summed E-state index contributed by atoms with van der Waals surface area (Å²) in [6.45, 7) is 0. The van der Waals surface area contributed by atoms with E-state index >= 15 is 0 Å². The molecule has 1 amide bonds. The standard InChI is InChI=1S/C26H25ClN2O2S/c27-20-3-1-2-4-21(20)28-25-29-24(31)23(32-25)11-18-10-19(5-6-22(18)30)26-12-15-7-16(13-26)9-17(8-15)14-26/h1-6,10-11,15-17,30H,7-9,12-14H2,(H,28,29,31). The van der Waals surface area contributed by atoms with Crippen molar-refractivity contribution in [3.63, 3.8) is 0 Å². The molecule has 0 aromatic heterocycles. The molecule has 0 unspecified atom stereocenters. The molecule has 1 saturated heterocycles. The number of nitrogens with one attached hydrogen (secondary N) is 1. The Hall–Kier alpha value is -2.24. The second kappa shape index (κ2) is 7.67. The van der Waals surface area contributed by atoms with E-state index < -0.39 is 0 Å². The number of para-hydroxylation sites is 1. The first-order chi connectivity index (χ1) is 15.5. The summed E-state index contributed by atoms with van der Waals surface area (Å²) in [5.74, 6) is 2.57. The molecular formula is C26H25ClN2O2S. The van der Waals surface area contributed by atoms with Crippen LogP contribution in [0.4, 0.5) is 5.69 Å². The van der Waals surface area contributed by atoms with Gasteiger partial charge in [0, 0.05) is 5.56 Å². The molecule has 4 bridgehead atoms. The number of phenolic OH excluding ortho intramolecular Hbond substituents is 1. The largest absolute Gasteiger partial charge is 0.507 e. The van der Waals surface area contributed by atoms with E-state index in [1.54, 1.807) is 18.2 Å². The number of benzene rings is 2. The fraction of sp³-hybridized carbons (Fsp3) is 0.385. The lowest BCUT2D eigenvalue weighted by Gasteiger charge is -2.57. The Morgan fingerprint density at radius 2 is 1.75 bits per heavy atom. The van der Waals surface area contributed by atoms with E-state index in [1.807, 2.05) is 18.2 Å². The number of hydrogen-bond donors (Lipinski definition) is 2. The molecule has 164 valence electrons. The van der Waals surface area contributed by atoms with Crippen LogP contribution in [-0.4, -0.2) is 16.2 Å². The van der Waals surface area contributed by atoms with Crippen molar-refractivity contribution in [1.29, 1.82) is 0 Å². The lowest BCUT2D eigenvalue weighted by Crippen LogP contribution is -2.48. The number of amidine groups is 1. The van der Waals surface area contributed by atoms with Gasteiger partial charge in [0.25, 0.3) is 5.91 Å². The maximum atomic E-state index is 12.6. The van der Waals surface area contributed by atoms with Crippen molar-refractivity contribution in [3.8, 4) is 5.75 Å². The van der Waals surface area contributed by atoms with Gasteiger partial charge >= 0.3 is 0 Å². The Kier molecular flexibility index (Phi) is 4.88. The van der Waals surface area contributed by atoms with Crippen molar-refractivity contribution in [1.82, 2.24) is 5.32 Å². The highest BCUT2D eigenvalue weighted by molar-refractivity contribution is 8.18. The second-order valence-electron chi connectivity index (χ2n) is 9.90. The van der Waals surface area contributed by atoms with Crippen LogP contribution in [-0.2, 0) is 10.2 Å². The number of aromatic hydroxyl groups is 1. The maximum Gasteiger partial charge on any atom is 0.264 e. The number of halogens is 1. The minimum absolute atomic E-state index is 0.205. The monoisotopic (exact) mass is 464 g/mol. The van der Waals surface area contributed by atoms with Gasteiger partial charge in [-0.05, 0) is 109 Å². The average molecular weight is 465 g/mol. The first-order valence-corrected chi connectivity index (χ1v) is 12.5. The van der Waals surface area contributed by atoms with Crippen LogP contribution in [0.5, 0.6) is 5.75 Å². The Labute approximate surface area is 197 Å². The molecule has 7 rings (SSSR count). The summed E-state index contributed by atoms with van der Waals surface area (Å²) in [5.41, 5.74) is 2.90. The molecule has 32 heavy (non-hydrogen) atoms. The third-order valence-corrected chi connectivity index (χ3v) is 8.92. The van der Waals surface area contributed by atoms with Crippen molar-refractivity contribution >= 4 is 46.2 Å². The first kappa shape index (κ1) is 20.4.